The van der Waals surface area contributed by atoms with Crippen LogP contribution in [0, 0.1) is 0 Å². The number of aliphatic hydroxyl groups excluding tert-OH is 1. The molecule has 0 aromatic heterocycles. The molecule has 2 aromatic rings. The third-order valence-electron chi connectivity index (χ3n) is 3.32. The minimum atomic E-state index is -0.0150. The molecule has 1 atom stereocenters. The van der Waals surface area contributed by atoms with Gasteiger partial charge in [-0.25, -0.2) is 0 Å². The third kappa shape index (κ3) is 4.88. The van der Waals surface area contributed by atoms with Crippen molar-refractivity contribution in [3.63, 3.8) is 0 Å². The lowest BCUT2D eigenvalue weighted by molar-refractivity contribution is 0.183. The minimum absolute atomic E-state index is 0.0150. The van der Waals surface area contributed by atoms with Gasteiger partial charge in [0.1, 0.15) is 12.4 Å². The zero-order valence-corrected chi connectivity index (χ0v) is 12.5. The van der Waals surface area contributed by atoms with E-state index in [1.807, 2.05) is 30.3 Å². The molecule has 112 valence electrons. The van der Waals surface area contributed by atoms with Crippen molar-refractivity contribution in [2.75, 3.05) is 19.8 Å². The van der Waals surface area contributed by atoms with Crippen LogP contribution in [0.25, 0.3) is 11.1 Å². The van der Waals surface area contributed by atoms with Gasteiger partial charge in [0.05, 0.1) is 12.6 Å². The van der Waals surface area contributed by atoms with Gasteiger partial charge in [0, 0.05) is 0 Å². The standard InChI is InChI=1S/C18H23NO2/c1-2-12-19-17(13-20)14-21-18-10-8-16(9-11-18)15-6-4-3-5-7-15/h3-11,17,19-20H,2,12-14H2,1H3. The molecule has 2 rings (SSSR count). The third-order valence-corrected chi connectivity index (χ3v) is 3.32. The molecule has 0 saturated carbocycles. The number of benzene rings is 2. The summed E-state index contributed by atoms with van der Waals surface area (Å²) in [5, 5.41) is 12.5. The quantitative estimate of drug-likeness (QED) is 0.783. The fourth-order valence-electron chi connectivity index (χ4n) is 2.10. The van der Waals surface area contributed by atoms with Crippen LogP contribution in [0.4, 0.5) is 0 Å². The molecular formula is C18H23NO2. The minimum Gasteiger partial charge on any atom is -0.492 e. The summed E-state index contributed by atoms with van der Waals surface area (Å²) in [5.74, 6) is 0.825. The molecule has 0 spiro atoms. The second kappa shape index (κ2) is 8.45. The van der Waals surface area contributed by atoms with Gasteiger partial charge in [-0.2, -0.15) is 0 Å². The molecule has 21 heavy (non-hydrogen) atoms. The Hall–Kier alpha value is -1.84. The van der Waals surface area contributed by atoms with E-state index in [0.29, 0.717) is 6.61 Å². The first-order chi connectivity index (χ1) is 10.3. The van der Waals surface area contributed by atoms with Crippen molar-refractivity contribution in [2.45, 2.75) is 19.4 Å². The van der Waals surface area contributed by atoms with Crippen LogP contribution in [0.2, 0.25) is 0 Å². The molecule has 0 aliphatic heterocycles. The van der Waals surface area contributed by atoms with Gasteiger partial charge < -0.3 is 15.2 Å². The molecule has 0 amide bonds. The summed E-state index contributed by atoms with van der Waals surface area (Å²) < 4.78 is 5.72. The first-order valence-corrected chi connectivity index (χ1v) is 7.46. The van der Waals surface area contributed by atoms with E-state index in [0.717, 1.165) is 18.7 Å². The molecule has 0 radical (unpaired) electrons. The second-order valence-electron chi connectivity index (χ2n) is 5.04. The van der Waals surface area contributed by atoms with Crippen molar-refractivity contribution in [2.24, 2.45) is 0 Å². The molecule has 1 unspecified atom stereocenters. The molecule has 0 aliphatic rings. The largest absolute Gasteiger partial charge is 0.492 e. The lowest BCUT2D eigenvalue weighted by atomic mass is 10.1. The van der Waals surface area contributed by atoms with Crippen LogP contribution in [0.1, 0.15) is 13.3 Å². The van der Waals surface area contributed by atoms with E-state index in [2.05, 4.69) is 36.5 Å². The van der Waals surface area contributed by atoms with E-state index in [1.54, 1.807) is 0 Å². The predicted octanol–water partition coefficient (Wildman–Crippen LogP) is 3.09. The molecule has 0 saturated heterocycles. The molecular weight excluding hydrogens is 262 g/mol. The number of hydrogen-bond donors (Lipinski definition) is 2. The summed E-state index contributed by atoms with van der Waals surface area (Å²) in [6, 6.07) is 18.3. The molecule has 0 aliphatic carbocycles. The van der Waals surface area contributed by atoms with Crippen LogP contribution in [0.5, 0.6) is 5.75 Å². The van der Waals surface area contributed by atoms with Crippen molar-refractivity contribution in [1.82, 2.24) is 5.32 Å². The summed E-state index contributed by atoms with van der Waals surface area (Å²) in [7, 11) is 0. The summed E-state index contributed by atoms with van der Waals surface area (Å²) >= 11 is 0. The van der Waals surface area contributed by atoms with Crippen LogP contribution in [0.3, 0.4) is 0 Å². The SMILES string of the molecule is CCCNC(CO)COc1ccc(-c2ccccc2)cc1. The normalized spacial score (nSPS) is 12.1. The second-order valence-corrected chi connectivity index (χ2v) is 5.04. The Labute approximate surface area is 126 Å². The molecule has 2 N–H and O–H groups in total. The van der Waals surface area contributed by atoms with E-state index in [-0.39, 0.29) is 12.6 Å². The van der Waals surface area contributed by atoms with Crippen molar-refractivity contribution >= 4 is 0 Å². The lowest BCUT2D eigenvalue weighted by Gasteiger charge is -2.16. The highest BCUT2D eigenvalue weighted by Crippen LogP contribution is 2.22. The Morgan fingerprint density at radius 2 is 1.67 bits per heavy atom. The Kier molecular flexibility index (Phi) is 6.25. The zero-order valence-electron chi connectivity index (χ0n) is 12.5. The highest BCUT2D eigenvalue weighted by atomic mass is 16.5. The zero-order chi connectivity index (χ0) is 14.9. The van der Waals surface area contributed by atoms with Crippen molar-refractivity contribution in [3.05, 3.63) is 54.6 Å². The average Bonchev–Trinajstić information content (AvgIpc) is 2.56. The Morgan fingerprint density at radius 1 is 1.00 bits per heavy atom. The van der Waals surface area contributed by atoms with E-state index in [4.69, 9.17) is 4.74 Å². The fraction of sp³-hybridized carbons (Fsp3) is 0.333. The van der Waals surface area contributed by atoms with Crippen LogP contribution < -0.4 is 10.1 Å². The van der Waals surface area contributed by atoms with Gasteiger partial charge in [0.25, 0.3) is 0 Å². The molecule has 0 heterocycles. The van der Waals surface area contributed by atoms with Gasteiger partial charge in [-0.15, -0.1) is 0 Å². The maximum absolute atomic E-state index is 9.28. The average molecular weight is 285 g/mol. The van der Waals surface area contributed by atoms with Gasteiger partial charge >= 0.3 is 0 Å². The first-order valence-electron chi connectivity index (χ1n) is 7.46. The van der Waals surface area contributed by atoms with Crippen LogP contribution in [-0.2, 0) is 0 Å². The fourth-order valence-corrected chi connectivity index (χ4v) is 2.10. The van der Waals surface area contributed by atoms with E-state index in [9.17, 15) is 5.11 Å². The summed E-state index contributed by atoms with van der Waals surface area (Å²) in [6.45, 7) is 3.55. The van der Waals surface area contributed by atoms with E-state index >= 15 is 0 Å². The van der Waals surface area contributed by atoms with Gasteiger partial charge in [-0.3, -0.25) is 0 Å². The monoisotopic (exact) mass is 285 g/mol. The lowest BCUT2D eigenvalue weighted by Crippen LogP contribution is -2.38. The van der Waals surface area contributed by atoms with Crippen LogP contribution in [0.15, 0.2) is 54.6 Å². The summed E-state index contributed by atoms with van der Waals surface area (Å²) in [6.07, 6.45) is 1.04. The summed E-state index contributed by atoms with van der Waals surface area (Å²) in [5.41, 5.74) is 2.37. The Morgan fingerprint density at radius 3 is 2.29 bits per heavy atom. The van der Waals surface area contributed by atoms with Gasteiger partial charge in [0.2, 0.25) is 0 Å². The number of rotatable bonds is 8. The van der Waals surface area contributed by atoms with Gasteiger partial charge in [-0.1, -0.05) is 49.4 Å². The Balaban J connectivity index is 1.90. The first kappa shape index (κ1) is 15.5. The highest BCUT2D eigenvalue weighted by Gasteiger charge is 2.07. The number of aliphatic hydroxyl groups is 1. The topological polar surface area (TPSA) is 41.5 Å². The van der Waals surface area contributed by atoms with Crippen molar-refractivity contribution in [3.8, 4) is 16.9 Å². The number of ether oxygens (including phenoxy) is 1. The van der Waals surface area contributed by atoms with Gasteiger partial charge in [-0.05, 0) is 36.2 Å². The van der Waals surface area contributed by atoms with Crippen molar-refractivity contribution in [1.29, 1.82) is 0 Å². The van der Waals surface area contributed by atoms with Crippen molar-refractivity contribution < 1.29 is 9.84 Å². The maximum Gasteiger partial charge on any atom is 0.119 e. The molecule has 0 fully saturated rings. The van der Waals surface area contributed by atoms with E-state index in [1.165, 1.54) is 11.1 Å². The van der Waals surface area contributed by atoms with E-state index < -0.39 is 0 Å². The smallest absolute Gasteiger partial charge is 0.119 e. The van der Waals surface area contributed by atoms with Crippen LogP contribution in [-0.4, -0.2) is 30.9 Å². The highest BCUT2D eigenvalue weighted by molar-refractivity contribution is 5.63. The molecule has 3 nitrogen and oxygen atoms in total. The molecule has 0 bridgehead atoms. The predicted molar refractivity (Wildman–Crippen MR) is 86.5 cm³/mol. The Bertz CT molecular complexity index is 511. The molecule has 3 heteroatoms. The number of nitrogens with one attached hydrogen (secondary N) is 1. The van der Waals surface area contributed by atoms with Gasteiger partial charge in [0.15, 0.2) is 0 Å². The molecule has 2 aromatic carbocycles. The van der Waals surface area contributed by atoms with Crippen LogP contribution >= 0.6 is 0 Å². The summed E-state index contributed by atoms with van der Waals surface area (Å²) in [4.78, 5) is 0. The maximum atomic E-state index is 9.28. The number of hydrogen-bond acceptors (Lipinski definition) is 3.